The first kappa shape index (κ1) is 17.5. The second kappa shape index (κ2) is 6.98. The Morgan fingerprint density at radius 1 is 1.11 bits per heavy atom. The van der Waals surface area contributed by atoms with Gasteiger partial charge >= 0.3 is 0 Å². The summed E-state index contributed by atoms with van der Waals surface area (Å²) in [6.45, 7) is 5.64. The van der Waals surface area contributed by atoms with E-state index < -0.39 is 0 Å². The molecule has 140 valence electrons. The van der Waals surface area contributed by atoms with Gasteiger partial charge in [-0.15, -0.1) is 0 Å². The average molecular weight is 364 g/mol. The molecule has 0 atom stereocenters. The third-order valence-electron chi connectivity index (χ3n) is 5.20. The summed E-state index contributed by atoms with van der Waals surface area (Å²) < 4.78 is 1.72. The van der Waals surface area contributed by atoms with Gasteiger partial charge in [0.2, 0.25) is 0 Å². The Kier molecular flexibility index (Phi) is 4.51. The molecule has 1 amide bonds. The normalized spacial score (nSPS) is 15.3. The molecule has 0 bridgehead atoms. The van der Waals surface area contributed by atoms with Crippen LogP contribution in [0.5, 0.6) is 0 Å². The van der Waals surface area contributed by atoms with E-state index in [1.807, 2.05) is 51.2 Å². The molecule has 0 spiro atoms. The van der Waals surface area contributed by atoms with Gasteiger partial charge in [-0.25, -0.2) is 9.97 Å². The van der Waals surface area contributed by atoms with E-state index in [1.165, 1.54) is 0 Å². The molecule has 27 heavy (non-hydrogen) atoms. The molecule has 1 aromatic carbocycles. The molecule has 1 fully saturated rings. The number of aromatic nitrogens is 4. The monoisotopic (exact) mass is 364 g/mol. The molecule has 0 unspecified atom stereocenters. The number of anilines is 1. The number of hydrogen-bond acceptors (Lipinski definition) is 5. The first-order chi connectivity index (χ1) is 13.0. The molecule has 1 saturated heterocycles. The summed E-state index contributed by atoms with van der Waals surface area (Å²) >= 11 is 0. The second-order valence-electron chi connectivity index (χ2n) is 7.15. The second-order valence-corrected chi connectivity index (χ2v) is 7.15. The average Bonchev–Trinajstić information content (AvgIpc) is 3.01. The van der Waals surface area contributed by atoms with E-state index in [0.717, 1.165) is 54.2 Å². The van der Waals surface area contributed by atoms with Gasteiger partial charge in [-0.2, -0.15) is 5.10 Å². The third-order valence-corrected chi connectivity index (χ3v) is 5.20. The van der Waals surface area contributed by atoms with E-state index in [1.54, 1.807) is 4.68 Å². The SMILES string of the molecule is Cc1nc2ccccc2nc1N1CCC(NC(=O)c2cc(C)n(C)n2)CC1. The molecule has 1 aliphatic heterocycles. The molecular weight excluding hydrogens is 340 g/mol. The van der Waals surface area contributed by atoms with Crippen LogP contribution in [0.25, 0.3) is 11.0 Å². The molecular formula is C20H24N6O. The summed E-state index contributed by atoms with van der Waals surface area (Å²) in [7, 11) is 1.84. The zero-order valence-corrected chi connectivity index (χ0v) is 15.9. The number of benzene rings is 1. The zero-order chi connectivity index (χ0) is 19.0. The summed E-state index contributed by atoms with van der Waals surface area (Å²) in [5, 5.41) is 7.37. The fourth-order valence-corrected chi connectivity index (χ4v) is 3.54. The largest absolute Gasteiger partial charge is 0.355 e. The van der Waals surface area contributed by atoms with Gasteiger partial charge in [-0.1, -0.05) is 12.1 Å². The van der Waals surface area contributed by atoms with Crippen LogP contribution in [0.15, 0.2) is 30.3 Å². The highest BCUT2D eigenvalue weighted by Crippen LogP contribution is 2.23. The number of nitrogens with one attached hydrogen (secondary N) is 1. The molecule has 7 heteroatoms. The Balaban J connectivity index is 1.41. The lowest BCUT2D eigenvalue weighted by Gasteiger charge is -2.33. The molecule has 2 aromatic heterocycles. The highest BCUT2D eigenvalue weighted by molar-refractivity contribution is 5.92. The van der Waals surface area contributed by atoms with Crippen LogP contribution >= 0.6 is 0 Å². The van der Waals surface area contributed by atoms with Crippen molar-refractivity contribution in [3.63, 3.8) is 0 Å². The zero-order valence-electron chi connectivity index (χ0n) is 15.9. The molecule has 1 N–H and O–H groups in total. The van der Waals surface area contributed by atoms with Crippen LogP contribution in [0.4, 0.5) is 5.82 Å². The molecule has 7 nitrogen and oxygen atoms in total. The minimum Gasteiger partial charge on any atom is -0.355 e. The van der Waals surface area contributed by atoms with Gasteiger partial charge in [-0.3, -0.25) is 9.48 Å². The number of para-hydroxylation sites is 2. The van der Waals surface area contributed by atoms with Crippen LogP contribution in [0.2, 0.25) is 0 Å². The molecule has 1 aliphatic rings. The van der Waals surface area contributed by atoms with Gasteiger partial charge in [0.1, 0.15) is 5.69 Å². The molecule has 4 rings (SSSR count). The fraction of sp³-hybridized carbons (Fsp3) is 0.400. The van der Waals surface area contributed by atoms with Crippen molar-refractivity contribution in [3.8, 4) is 0 Å². The number of amides is 1. The summed E-state index contributed by atoms with van der Waals surface area (Å²) in [5.74, 6) is 0.845. The first-order valence-electron chi connectivity index (χ1n) is 9.31. The van der Waals surface area contributed by atoms with E-state index in [2.05, 4.69) is 20.3 Å². The van der Waals surface area contributed by atoms with Crippen molar-refractivity contribution in [1.82, 2.24) is 25.1 Å². The van der Waals surface area contributed by atoms with Crippen LogP contribution in [0.3, 0.4) is 0 Å². The Bertz CT molecular complexity index is 968. The van der Waals surface area contributed by atoms with Crippen molar-refractivity contribution in [2.75, 3.05) is 18.0 Å². The van der Waals surface area contributed by atoms with Crippen molar-refractivity contribution < 1.29 is 4.79 Å². The van der Waals surface area contributed by atoms with E-state index in [-0.39, 0.29) is 11.9 Å². The van der Waals surface area contributed by atoms with Crippen LogP contribution in [-0.4, -0.2) is 44.8 Å². The molecule has 0 saturated carbocycles. The topological polar surface area (TPSA) is 75.9 Å². The van der Waals surface area contributed by atoms with Crippen LogP contribution in [0, 0.1) is 13.8 Å². The molecule has 0 aliphatic carbocycles. The predicted octanol–water partition coefficient (Wildman–Crippen LogP) is 2.38. The van der Waals surface area contributed by atoms with E-state index in [9.17, 15) is 4.79 Å². The molecule has 0 radical (unpaired) electrons. The lowest BCUT2D eigenvalue weighted by molar-refractivity contribution is 0.0925. The van der Waals surface area contributed by atoms with Gasteiger partial charge in [-0.05, 0) is 44.9 Å². The number of carbonyl (C=O) groups is 1. The minimum atomic E-state index is -0.0983. The van der Waals surface area contributed by atoms with Crippen LogP contribution < -0.4 is 10.2 Å². The number of hydrogen-bond donors (Lipinski definition) is 1. The van der Waals surface area contributed by atoms with Crippen LogP contribution in [-0.2, 0) is 7.05 Å². The van der Waals surface area contributed by atoms with Gasteiger partial charge in [0.15, 0.2) is 5.82 Å². The molecule has 3 heterocycles. The lowest BCUT2D eigenvalue weighted by atomic mass is 10.0. The van der Waals surface area contributed by atoms with Crippen molar-refractivity contribution in [1.29, 1.82) is 0 Å². The highest BCUT2D eigenvalue weighted by Gasteiger charge is 2.24. The number of carbonyl (C=O) groups excluding carboxylic acids is 1. The Labute approximate surface area is 158 Å². The Morgan fingerprint density at radius 2 is 1.78 bits per heavy atom. The summed E-state index contributed by atoms with van der Waals surface area (Å²) in [5.41, 5.74) is 4.24. The number of piperidine rings is 1. The number of rotatable bonds is 3. The first-order valence-corrected chi connectivity index (χ1v) is 9.31. The van der Waals surface area contributed by atoms with Crippen molar-refractivity contribution in [2.24, 2.45) is 7.05 Å². The van der Waals surface area contributed by atoms with Gasteiger partial charge < -0.3 is 10.2 Å². The Morgan fingerprint density at radius 3 is 2.41 bits per heavy atom. The Hall–Kier alpha value is -2.96. The number of nitrogens with zero attached hydrogens (tertiary/aromatic N) is 5. The van der Waals surface area contributed by atoms with E-state index in [0.29, 0.717) is 5.69 Å². The van der Waals surface area contributed by atoms with Gasteiger partial charge in [0.25, 0.3) is 5.91 Å². The minimum absolute atomic E-state index is 0.0983. The van der Waals surface area contributed by atoms with Crippen molar-refractivity contribution in [2.45, 2.75) is 32.7 Å². The van der Waals surface area contributed by atoms with E-state index in [4.69, 9.17) is 4.98 Å². The van der Waals surface area contributed by atoms with Crippen LogP contribution in [0.1, 0.15) is 34.7 Å². The maximum atomic E-state index is 12.4. The van der Waals surface area contributed by atoms with E-state index >= 15 is 0 Å². The maximum Gasteiger partial charge on any atom is 0.272 e. The third kappa shape index (κ3) is 3.49. The maximum absolute atomic E-state index is 12.4. The fourth-order valence-electron chi connectivity index (χ4n) is 3.54. The van der Waals surface area contributed by atoms with Gasteiger partial charge in [0.05, 0.1) is 16.7 Å². The lowest BCUT2D eigenvalue weighted by Crippen LogP contribution is -2.45. The van der Waals surface area contributed by atoms with Crippen molar-refractivity contribution in [3.05, 3.63) is 47.4 Å². The predicted molar refractivity (Wildman–Crippen MR) is 105 cm³/mol. The van der Waals surface area contributed by atoms with Gasteiger partial charge in [0, 0.05) is 31.9 Å². The highest BCUT2D eigenvalue weighted by atomic mass is 16.2. The standard InChI is InChI=1S/C20H24N6O/c1-13-12-18(24-25(13)3)20(27)22-15-8-10-26(11-9-15)19-14(2)21-16-6-4-5-7-17(16)23-19/h4-7,12,15H,8-11H2,1-3H3,(H,22,27). The summed E-state index contributed by atoms with van der Waals surface area (Å²) in [4.78, 5) is 24.2. The number of aryl methyl sites for hydroxylation is 3. The molecule has 3 aromatic rings. The summed E-state index contributed by atoms with van der Waals surface area (Å²) in [6.07, 6.45) is 1.76. The smallest absolute Gasteiger partial charge is 0.272 e. The number of fused-ring (bicyclic) bond motifs is 1. The summed E-state index contributed by atoms with van der Waals surface area (Å²) in [6, 6.07) is 9.92. The quantitative estimate of drug-likeness (QED) is 0.772. The van der Waals surface area contributed by atoms with Crippen molar-refractivity contribution >= 4 is 22.8 Å².